The minimum Gasteiger partial charge on any atom is -0.311 e. The second kappa shape index (κ2) is 6.72. The van der Waals surface area contributed by atoms with E-state index in [-0.39, 0.29) is 5.82 Å². The first-order chi connectivity index (χ1) is 8.00. The minimum absolute atomic E-state index is 0.131. The van der Waals surface area contributed by atoms with Crippen LogP contribution < -0.4 is 5.32 Å². The number of hydrogen-bond donors (Lipinski definition) is 1. The molecule has 0 spiro atoms. The van der Waals surface area contributed by atoms with Gasteiger partial charge in [0.1, 0.15) is 5.82 Å². The summed E-state index contributed by atoms with van der Waals surface area (Å²) in [5.74, 6) is -0.131. The second-order valence-corrected chi connectivity index (χ2v) is 4.83. The molecule has 0 saturated carbocycles. The zero-order valence-electron chi connectivity index (χ0n) is 11.3. The molecule has 2 nitrogen and oxygen atoms in total. The third-order valence-electron chi connectivity index (χ3n) is 3.07. The Morgan fingerprint density at radius 2 is 2.06 bits per heavy atom. The molecule has 1 rings (SSSR count). The summed E-state index contributed by atoms with van der Waals surface area (Å²) >= 11 is 0. The highest BCUT2D eigenvalue weighted by Crippen LogP contribution is 2.08. The average molecular weight is 238 g/mol. The van der Waals surface area contributed by atoms with Crippen LogP contribution in [0.2, 0.25) is 0 Å². The van der Waals surface area contributed by atoms with Crippen LogP contribution in [-0.4, -0.2) is 31.1 Å². The Morgan fingerprint density at radius 3 is 2.65 bits per heavy atom. The van der Waals surface area contributed by atoms with Gasteiger partial charge in [-0.25, -0.2) is 4.39 Å². The van der Waals surface area contributed by atoms with Crippen molar-refractivity contribution in [3.8, 4) is 0 Å². The maximum Gasteiger partial charge on any atom is 0.126 e. The van der Waals surface area contributed by atoms with Gasteiger partial charge in [0.25, 0.3) is 0 Å². The monoisotopic (exact) mass is 238 g/mol. The van der Waals surface area contributed by atoms with Crippen LogP contribution in [0.1, 0.15) is 25.0 Å². The Morgan fingerprint density at radius 1 is 1.35 bits per heavy atom. The fraction of sp³-hybridized carbons (Fsp3) is 0.571. The molecule has 0 radical (unpaired) electrons. The standard InChI is InChI=1S/C14H23FN2/c1-11(2)17(4)8-7-16-10-13-5-6-14(15)12(3)9-13/h5-6,9,11,16H,7-8,10H2,1-4H3. The summed E-state index contributed by atoms with van der Waals surface area (Å²) < 4.78 is 13.1. The largest absolute Gasteiger partial charge is 0.311 e. The zero-order valence-corrected chi connectivity index (χ0v) is 11.3. The van der Waals surface area contributed by atoms with E-state index in [2.05, 4.69) is 31.1 Å². The summed E-state index contributed by atoms with van der Waals surface area (Å²) in [4.78, 5) is 2.29. The normalized spacial score (nSPS) is 11.5. The van der Waals surface area contributed by atoms with E-state index in [1.54, 1.807) is 6.92 Å². The van der Waals surface area contributed by atoms with E-state index < -0.39 is 0 Å². The van der Waals surface area contributed by atoms with Crippen LogP contribution in [0.3, 0.4) is 0 Å². The van der Waals surface area contributed by atoms with E-state index in [4.69, 9.17) is 0 Å². The van der Waals surface area contributed by atoms with Crippen LogP contribution in [0, 0.1) is 12.7 Å². The molecule has 1 aromatic rings. The molecule has 0 bridgehead atoms. The molecule has 17 heavy (non-hydrogen) atoms. The molecule has 96 valence electrons. The summed E-state index contributed by atoms with van der Waals surface area (Å²) in [6.45, 7) is 8.94. The van der Waals surface area contributed by atoms with Crippen LogP contribution in [-0.2, 0) is 6.54 Å². The third kappa shape index (κ3) is 4.84. The predicted molar refractivity (Wildman–Crippen MR) is 70.6 cm³/mol. The smallest absolute Gasteiger partial charge is 0.126 e. The highest BCUT2D eigenvalue weighted by atomic mass is 19.1. The highest BCUT2D eigenvalue weighted by molar-refractivity contribution is 5.23. The van der Waals surface area contributed by atoms with Gasteiger partial charge >= 0.3 is 0 Å². The van der Waals surface area contributed by atoms with Crippen molar-refractivity contribution in [1.82, 2.24) is 10.2 Å². The van der Waals surface area contributed by atoms with Crippen molar-refractivity contribution in [1.29, 1.82) is 0 Å². The number of benzene rings is 1. The fourth-order valence-corrected chi connectivity index (χ4v) is 1.56. The van der Waals surface area contributed by atoms with E-state index >= 15 is 0 Å². The molecular weight excluding hydrogens is 215 g/mol. The summed E-state index contributed by atoms with van der Waals surface area (Å²) in [7, 11) is 2.12. The van der Waals surface area contributed by atoms with Gasteiger partial charge in [-0.3, -0.25) is 0 Å². The quantitative estimate of drug-likeness (QED) is 0.766. The number of nitrogens with one attached hydrogen (secondary N) is 1. The Labute approximate surface area is 104 Å². The van der Waals surface area contributed by atoms with Crippen molar-refractivity contribution in [3.63, 3.8) is 0 Å². The highest BCUT2D eigenvalue weighted by Gasteiger charge is 2.02. The Balaban J connectivity index is 2.29. The average Bonchev–Trinajstić information content (AvgIpc) is 2.28. The van der Waals surface area contributed by atoms with E-state index in [0.29, 0.717) is 11.6 Å². The van der Waals surface area contributed by atoms with Gasteiger partial charge in [-0.2, -0.15) is 0 Å². The molecule has 0 aromatic heterocycles. The van der Waals surface area contributed by atoms with Gasteiger partial charge in [0.15, 0.2) is 0 Å². The Hall–Kier alpha value is -0.930. The molecule has 0 atom stereocenters. The molecule has 3 heteroatoms. The summed E-state index contributed by atoms with van der Waals surface area (Å²) in [5, 5.41) is 3.37. The lowest BCUT2D eigenvalue weighted by molar-refractivity contribution is 0.273. The molecule has 0 aliphatic heterocycles. The first kappa shape index (κ1) is 14.1. The van der Waals surface area contributed by atoms with Crippen LogP contribution in [0.15, 0.2) is 18.2 Å². The molecule has 0 unspecified atom stereocenters. The van der Waals surface area contributed by atoms with Gasteiger partial charge in [-0.15, -0.1) is 0 Å². The Kier molecular flexibility index (Phi) is 5.59. The number of likely N-dealkylation sites (N-methyl/N-ethyl adjacent to an activating group) is 1. The van der Waals surface area contributed by atoms with Crippen LogP contribution in [0.5, 0.6) is 0 Å². The summed E-state index contributed by atoms with van der Waals surface area (Å²) in [6, 6.07) is 5.84. The van der Waals surface area contributed by atoms with Gasteiger partial charge in [-0.1, -0.05) is 12.1 Å². The van der Waals surface area contributed by atoms with Gasteiger partial charge in [0.2, 0.25) is 0 Å². The molecule has 0 fully saturated rings. The van der Waals surface area contributed by atoms with E-state index in [0.717, 1.165) is 25.2 Å². The number of nitrogens with zero attached hydrogens (tertiary/aromatic N) is 1. The molecule has 1 N–H and O–H groups in total. The van der Waals surface area contributed by atoms with E-state index in [1.165, 1.54) is 6.07 Å². The number of halogens is 1. The van der Waals surface area contributed by atoms with E-state index in [1.807, 2.05) is 12.1 Å². The second-order valence-electron chi connectivity index (χ2n) is 4.83. The molecule has 0 heterocycles. The topological polar surface area (TPSA) is 15.3 Å². The molecule has 0 amide bonds. The summed E-state index contributed by atoms with van der Waals surface area (Å²) in [5.41, 5.74) is 1.85. The zero-order chi connectivity index (χ0) is 12.8. The van der Waals surface area contributed by atoms with Crippen LogP contribution in [0.25, 0.3) is 0 Å². The number of rotatable bonds is 6. The van der Waals surface area contributed by atoms with E-state index in [9.17, 15) is 4.39 Å². The van der Waals surface area contributed by atoms with Crippen molar-refractivity contribution in [2.75, 3.05) is 20.1 Å². The van der Waals surface area contributed by atoms with Gasteiger partial charge in [0.05, 0.1) is 0 Å². The van der Waals surface area contributed by atoms with Gasteiger partial charge < -0.3 is 10.2 Å². The minimum atomic E-state index is -0.131. The maximum absolute atomic E-state index is 13.1. The number of hydrogen-bond acceptors (Lipinski definition) is 2. The van der Waals surface area contributed by atoms with Crippen molar-refractivity contribution >= 4 is 0 Å². The molecule has 0 aliphatic carbocycles. The van der Waals surface area contributed by atoms with Gasteiger partial charge in [0, 0.05) is 25.7 Å². The van der Waals surface area contributed by atoms with Crippen molar-refractivity contribution in [2.45, 2.75) is 33.4 Å². The lowest BCUT2D eigenvalue weighted by Gasteiger charge is -2.20. The molecular formula is C14H23FN2. The van der Waals surface area contributed by atoms with Gasteiger partial charge in [-0.05, 0) is 45.0 Å². The Bertz CT molecular complexity index is 350. The van der Waals surface area contributed by atoms with Crippen molar-refractivity contribution in [3.05, 3.63) is 35.1 Å². The summed E-state index contributed by atoms with van der Waals surface area (Å²) in [6.07, 6.45) is 0. The van der Waals surface area contributed by atoms with Crippen molar-refractivity contribution < 1.29 is 4.39 Å². The lowest BCUT2D eigenvalue weighted by Crippen LogP contribution is -2.33. The van der Waals surface area contributed by atoms with Crippen LogP contribution in [0.4, 0.5) is 4.39 Å². The SMILES string of the molecule is Cc1cc(CNCCN(C)C(C)C)ccc1F. The first-order valence-electron chi connectivity index (χ1n) is 6.16. The van der Waals surface area contributed by atoms with Crippen molar-refractivity contribution in [2.24, 2.45) is 0 Å². The molecule has 0 aliphatic rings. The maximum atomic E-state index is 13.1. The molecule has 0 saturated heterocycles. The van der Waals surface area contributed by atoms with Crippen LogP contribution >= 0.6 is 0 Å². The third-order valence-corrected chi connectivity index (χ3v) is 3.07. The number of aryl methyl sites for hydroxylation is 1. The predicted octanol–water partition coefficient (Wildman–Crippen LogP) is 2.56. The first-order valence-corrected chi connectivity index (χ1v) is 6.16. The fourth-order valence-electron chi connectivity index (χ4n) is 1.56. The lowest BCUT2D eigenvalue weighted by atomic mass is 10.1. The molecule has 1 aromatic carbocycles.